The van der Waals surface area contributed by atoms with E-state index < -0.39 is 0 Å². The van der Waals surface area contributed by atoms with E-state index in [1.54, 1.807) is 24.5 Å². The predicted molar refractivity (Wildman–Crippen MR) is 78.9 cm³/mol. The van der Waals surface area contributed by atoms with Crippen LogP contribution < -0.4 is 10.5 Å². The highest BCUT2D eigenvalue weighted by Crippen LogP contribution is 2.21. The summed E-state index contributed by atoms with van der Waals surface area (Å²) in [4.78, 5) is 25.4. The smallest absolute Gasteiger partial charge is 0.270 e. The molecule has 0 bridgehead atoms. The van der Waals surface area contributed by atoms with Crippen molar-refractivity contribution in [1.29, 1.82) is 5.26 Å². The van der Waals surface area contributed by atoms with E-state index in [9.17, 15) is 10.1 Å². The van der Waals surface area contributed by atoms with Crippen LogP contribution in [-0.2, 0) is 0 Å². The third-order valence-electron chi connectivity index (χ3n) is 3.63. The van der Waals surface area contributed by atoms with Gasteiger partial charge in [0.1, 0.15) is 11.6 Å². The van der Waals surface area contributed by atoms with Gasteiger partial charge in [-0.15, -0.1) is 0 Å². The summed E-state index contributed by atoms with van der Waals surface area (Å²) in [6.07, 6.45) is 6.64. The molecule has 0 aliphatic carbocycles. The first-order valence-electron chi connectivity index (χ1n) is 6.99. The normalized spacial score (nSPS) is 14.7. The number of aromatic nitrogens is 3. The minimum Gasteiger partial charge on any atom is -0.342 e. The molecule has 6 heteroatoms. The molecule has 6 nitrogen and oxygen atoms in total. The first-order valence-corrected chi connectivity index (χ1v) is 6.99. The van der Waals surface area contributed by atoms with E-state index in [0.717, 1.165) is 31.5 Å². The second-order valence-electron chi connectivity index (χ2n) is 5.01. The van der Waals surface area contributed by atoms with Crippen LogP contribution >= 0.6 is 0 Å². The van der Waals surface area contributed by atoms with Crippen molar-refractivity contribution < 1.29 is 0 Å². The van der Waals surface area contributed by atoms with Gasteiger partial charge in [-0.25, -0.2) is 4.98 Å². The number of rotatable bonds is 2. The average molecular weight is 281 g/mol. The molecular formula is C15H15N5O. The Bertz CT molecular complexity index is 726. The lowest BCUT2D eigenvalue weighted by atomic mass is 10.1. The van der Waals surface area contributed by atoms with Crippen molar-refractivity contribution in [2.24, 2.45) is 0 Å². The van der Waals surface area contributed by atoms with Gasteiger partial charge in [0.2, 0.25) is 5.95 Å². The molecule has 0 aromatic carbocycles. The van der Waals surface area contributed by atoms with Gasteiger partial charge < -0.3 is 4.90 Å². The number of nitrogens with one attached hydrogen (secondary N) is 1. The Morgan fingerprint density at radius 3 is 2.57 bits per heavy atom. The first kappa shape index (κ1) is 13.3. The Hall–Kier alpha value is -2.68. The van der Waals surface area contributed by atoms with Crippen molar-refractivity contribution in [1.82, 2.24) is 15.0 Å². The van der Waals surface area contributed by atoms with Gasteiger partial charge in [-0.2, -0.15) is 5.26 Å². The summed E-state index contributed by atoms with van der Waals surface area (Å²) in [5, 5.41) is 9.22. The predicted octanol–water partition coefficient (Wildman–Crippen LogP) is 1.69. The standard InChI is InChI=1S/C15H15N5O/c16-10-12-13(11-4-6-17-7-5-11)18-15(19-14(12)21)20-8-2-1-3-9-20/h4-7H,1-3,8-9H2,(H,18,19,21). The molecule has 3 heterocycles. The van der Waals surface area contributed by atoms with Crippen molar-refractivity contribution in [3.63, 3.8) is 0 Å². The monoisotopic (exact) mass is 281 g/mol. The van der Waals surface area contributed by atoms with Gasteiger partial charge in [0.05, 0.1) is 5.69 Å². The molecule has 2 aromatic heterocycles. The molecule has 0 unspecified atom stereocenters. The number of anilines is 1. The molecule has 0 amide bonds. The maximum Gasteiger partial charge on any atom is 0.270 e. The Morgan fingerprint density at radius 2 is 1.90 bits per heavy atom. The first-order chi connectivity index (χ1) is 10.3. The van der Waals surface area contributed by atoms with Crippen LogP contribution in [0.4, 0.5) is 5.95 Å². The second-order valence-corrected chi connectivity index (χ2v) is 5.01. The SMILES string of the molecule is N#Cc1c(-c2ccncc2)nc(N2CCCCC2)[nH]c1=O. The highest BCUT2D eigenvalue weighted by Gasteiger charge is 2.18. The van der Waals surface area contributed by atoms with Crippen LogP contribution in [0.15, 0.2) is 29.3 Å². The van der Waals surface area contributed by atoms with Gasteiger partial charge in [0.15, 0.2) is 0 Å². The number of H-pyrrole nitrogens is 1. The molecule has 1 aliphatic rings. The minimum atomic E-state index is -0.389. The summed E-state index contributed by atoms with van der Waals surface area (Å²) in [5.41, 5.74) is 0.803. The van der Waals surface area contributed by atoms with Crippen molar-refractivity contribution in [3.05, 3.63) is 40.4 Å². The number of pyridine rings is 1. The Labute approximate surface area is 122 Å². The van der Waals surface area contributed by atoms with Crippen LogP contribution in [0.1, 0.15) is 24.8 Å². The number of aromatic amines is 1. The van der Waals surface area contributed by atoms with E-state index >= 15 is 0 Å². The largest absolute Gasteiger partial charge is 0.342 e. The summed E-state index contributed by atoms with van der Waals surface area (Å²) in [5.74, 6) is 0.547. The molecule has 0 saturated carbocycles. The zero-order valence-electron chi connectivity index (χ0n) is 11.5. The van der Waals surface area contributed by atoms with E-state index in [-0.39, 0.29) is 11.1 Å². The van der Waals surface area contributed by atoms with Crippen molar-refractivity contribution in [2.45, 2.75) is 19.3 Å². The van der Waals surface area contributed by atoms with Gasteiger partial charge in [0, 0.05) is 31.0 Å². The van der Waals surface area contributed by atoms with Gasteiger partial charge in [-0.3, -0.25) is 14.8 Å². The molecule has 1 aliphatic heterocycles. The zero-order chi connectivity index (χ0) is 14.7. The number of nitriles is 1. The van der Waals surface area contributed by atoms with Crippen molar-refractivity contribution in [2.75, 3.05) is 18.0 Å². The summed E-state index contributed by atoms with van der Waals surface area (Å²) < 4.78 is 0. The fraction of sp³-hybridized carbons (Fsp3) is 0.333. The third kappa shape index (κ3) is 2.63. The molecule has 1 N–H and O–H groups in total. The lowest BCUT2D eigenvalue weighted by molar-refractivity contribution is 0.567. The van der Waals surface area contributed by atoms with Crippen LogP contribution in [0.5, 0.6) is 0 Å². The van der Waals surface area contributed by atoms with Gasteiger partial charge in [-0.05, 0) is 31.4 Å². The molecule has 2 aromatic rings. The minimum absolute atomic E-state index is 0.0435. The van der Waals surface area contributed by atoms with Gasteiger partial charge in [-0.1, -0.05) is 0 Å². The Kier molecular flexibility index (Phi) is 3.65. The van der Waals surface area contributed by atoms with E-state index in [0.29, 0.717) is 11.6 Å². The molecule has 1 fully saturated rings. The van der Waals surface area contributed by atoms with Crippen molar-refractivity contribution >= 4 is 5.95 Å². The van der Waals surface area contributed by atoms with Gasteiger partial charge in [0.25, 0.3) is 5.56 Å². The maximum absolute atomic E-state index is 12.1. The molecule has 0 spiro atoms. The topological polar surface area (TPSA) is 85.7 Å². The number of hydrogen-bond donors (Lipinski definition) is 1. The lowest BCUT2D eigenvalue weighted by Crippen LogP contribution is -2.33. The van der Waals surface area contributed by atoms with Crippen LogP contribution in [0.25, 0.3) is 11.3 Å². The number of piperidine rings is 1. The molecule has 1 saturated heterocycles. The number of nitrogens with zero attached hydrogens (tertiary/aromatic N) is 4. The molecule has 106 valence electrons. The van der Waals surface area contributed by atoms with Gasteiger partial charge >= 0.3 is 0 Å². The summed E-state index contributed by atoms with van der Waals surface area (Å²) in [7, 11) is 0. The van der Waals surface area contributed by atoms with Crippen molar-refractivity contribution in [3.8, 4) is 17.3 Å². The highest BCUT2D eigenvalue weighted by atomic mass is 16.1. The van der Waals surface area contributed by atoms with E-state index in [1.165, 1.54) is 6.42 Å². The van der Waals surface area contributed by atoms with E-state index in [2.05, 4.69) is 19.9 Å². The third-order valence-corrected chi connectivity index (χ3v) is 3.63. The fourth-order valence-electron chi connectivity index (χ4n) is 2.54. The lowest BCUT2D eigenvalue weighted by Gasteiger charge is -2.27. The van der Waals surface area contributed by atoms with Crippen LogP contribution in [0.2, 0.25) is 0 Å². The maximum atomic E-state index is 12.1. The summed E-state index contributed by atoms with van der Waals surface area (Å²) in [6, 6.07) is 5.45. The van der Waals surface area contributed by atoms with Crippen LogP contribution in [0, 0.1) is 11.3 Å². The van der Waals surface area contributed by atoms with E-state index in [1.807, 2.05) is 6.07 Å². The summed E-state index contributed by atoms with van der Waals surface area (Å²) in [6.45, 7) is 1.76. The van der Waals surface area contributed by atoms with Crippen LogP contribution in [-0.4, -0.2) is 28.0 Å². The summed E-state index contributed by atoms with van der Waals surface area (Å²) >= 11 is 0. The van der Waals surface area contributed by atoms with E-state index in [4.69, 9.17) is 0 Å². The molecule has 0 radical (unpaired) electrons. The molecule has 21 heavy (non-hydrogen) atoms. The second kappa shape index (κ2) is 5.75. The average Bonchev–Trinajstić information content (AvgIpc) is 2.55. The molecule has 3 rings (SSSR count). The number of hydrogen-bond acceptors (Lipinski definition) is 5. The van der Waals surface area contributed by atoms with Crippen LogP contribution in [0.3, 0.4) is 0 Å². The quantitative estimate of drug-likeness (QED) is 0.905. The Balaban J connectivity index is 2.11. The molecular weight excluding hydrogens is 266 g/mol. The Morgan fingerprint density at radius 1 is 1.19 bits per heavy atom. The fourth-order valence-corrected chi connectivity index (χ4v) is 2.54. The highest BCUT2D eigenvalue weighted by molar-refractivity contribution is 5.66. The molecule has 0 atom stereocenters. The zero-order valence-corrected chi connectivity index (χ0v) is 11.5.